The second-order valence-electron chi connectivity index (χ2n) is 5.63. The van der Waals surface area contributed by atoms with Crippen LogP contribution in [0.2, 0.25) is 5.02 Å². The smallest absolute Gasteiger partial charge is 0.256 e. The Bertz CT molecular complexity index is 882. The van der Waals surface area contributed by atoms with Crippen molar-refractivity contribution in [2.45, 2.75) is 4.90 Å². The summed E-state index contributed by atoms with van der Waals surface area (Å²) in [6, 6.07) is 12.0. The van der Waals surface area contributed by atoms with Crippen LogP contribution >= 0.6 is 11.6 Å². The van der Waals surface area contributed by atoms with Gasteiger partial charge in [0.1, 0.15) is 5.82 Å². The number of piperazine rings is 1. The minimum Gasteiger partial charge on any atom is -0.336 e. The molecule has 5 nitrogen and oxygen atoms in total. The standard InChI is InChI=1S/C17H16ClFN2O3S/c18-13-6-7-15(16(19)12-13)17(22)20-8-10-21(11-9-20)25(23,24)14-4-2-1-3-5-14/h1-7,12H,8-11H2. The van der Waals surface area contributed by atoms with E-state index in [1.54, 1.807) is 18.2 Å². The lowest BCUT2D eigenvalue weighted by Crippen LogP contribution is -2.50. The van der Waals surface area contributed by atoms with E-state index in [0.29, 0.717) is 0 Å². The van der Waals surface area contributed by atoms with Crippen molar-refractivity contribution in [3.8, 4) is 0 Å². The van der Waals surface area contributed by atoms with Crippen LogP contribution in [0.15, 0.2) is 53.4 Å². The second kappa shape index (κ2) is 7.11. The summed E-state index contributed by atoms with van der Waals surface area (Å²) in [5.41, 5.74) is -0.0660. The van der Waals surface area contributed by atoms with Gasteiger partial charge in [-0.1, -0.05) is 29.8 Å². The normalized spacial score (nSPS) is 16.0. The molecule has 1 aliphatic rings. The molecule has 25 heavy (non-hydrogen) atoms. The molecule has 0 bridgehead atoms. The molecule has 0 aliphatic carbocycles. The molecule has 0 spiro atoms. The predicted octanol–water partition coefficient (Wildman–Crippen LogP) is 2.63. The molecule has 0 radical (unpaired) electrons. The van der Waals surface area contributed by atoms with Gasteiger partial charge in [-0.05, 0) is 30.3 Å². The fraction of sp³-hybridized carbons (Fsp3) is 0.235. The molecule has 1 fully saturated rings. The summed E-state index contributed by atoms with van der Waals surface area (Å²) >= 11 is 5.70. The van der Waals surface area contributed by atoms with Crippen molar-refractivity contribution in [2.75, 3.05) is 26.2 Å². The van der Waals surface area contributed by atoms with Gasteiger partial charge in [-0.15, -0.1) is 0 Å². The summed E-state index contributed by atoms with van der Waals surface area (Å²) in [6.07, 6.45) is 0. The van der Waals surface area contributed by atoms with Crippen molar-refractivity contribution in [2.24, 2.45) is 0 Å². The monoisotopic (exact) mass is 382 g/mol. The van der Waals surface area contributed by atoms with Crippen LogP contribution in [-0.4, -0.2) is 49.7 Å². The highest BCUT2D eigenvalue weighted by Crippen LogP contribution is 2.20. The van der Waals surface area contributed by atoms with Gasteiger partial charge in [0.15, 0.2) is 0 Å². The van der Waals surface area contributed by atoms with E-state index in [1.807, 2.05) is 0 Å². The molecule has 0 atom stereocenters. The maximum Gasteiger partial charge on any atom is 0.256 e. The van der Waals surface area contributed by atoms with E-state index in [2.05, 4.69) is 0 Å². The average Bonchev–Trinajstić information content (AvgIpc) is 2.62. The lowest BCUT2D eigenvalue weighted by Gasteiger charge is -2.34. The first-order valence-electron chi connectivity index (χ1n) is 7.69. The van der Waals surface area contributed by atoms with E-state index in [-0.39, 0.29) is 41.7 Å². The van der Waals surface area contributed by atoms with E-state index in [1.165, 1.54) is 33.5 Å². The maximum atomic E-state index is 13.9. The Balaban J connectivity index is 1.70. The van der Waals surface area contributed by atoms with Gasteiger partial charge in [-0.3, -0.25) is 4.79 Å². The molecule has 0 unspecified atom stereocenters. The zero-order chi connectivity index (χ0) is 18.0. The Morgan fingerprint density at radius 2 is 1.64 bits per heavy atom. The van der Waals surface area contributed by atoms with Gasteiger partial charge >= 0.3 is 0 Å². The van der Waals surface area contributed by atoms with Crippen LogP contribution in [0.1, 0.15) is 10.4 Å². The third kappa shape index (κ3) is 3.68. The second-order valence-corrected chi connectivity index (χ2v) is 8.01. The first-order valence-corrected chi connectivity index (χ1v) is 9.51. The molecular formula is C17H16ClFN2O3S. The third-order valence-corrected chi connectivity index (χ3v) is 6.22. The number of amides is 1. The lowest BCUT2D eigenvalue weighted by molar-refractivity contribution is 0.0693. The minimum absolute atomic E-state index is 0.0660. The first-order chi connectivity index (χ1) is 11.9. The number of carbonyl (C=O) groups is 1. The van der Waals surface area contributed by atoms with Crippen LogP contribution in [0.4, 0.5) is 4.39 Å². The first kappa shape index (κ1) is 17.8. The Hall–Kier alpha value is -1.96. The van der Waals surface area contributed by atoms with Crippen molar-refractivity contribution in [1.29, 1.82) is 0 Å². The lowest BCUT2D eigenvalue weighted by atomic mass is 10.1. The van der Waals surface area contributed by atoms with E-state index in [9.17, 15) is 17.6 Å². The third-order valence-electron chi connectivity index (χ3n) is 4.07. The molecule has 2 aromatic carbocycles. The van der Waals surface area contributed by atoms with E-state index in [0.717, 1.165) is 6.07 Å². The number of benzene rings is 2. The molecule has 8 heteroatoms. The topological polar surface area (TPSA) is 57.7 Å². The fourth-order valence-corrected chi connectivity index (χ4v) is 4.31. The number of carbonyl (C=O) groups excluding carboxylic acids is 1. The molecule has 132 valence electrons. The summed E-state index contributed by atoms with van der Waals surface area (Å²) in [6.45, 7) is 0.732. The number of hydrogen-bond acceptors (Lipinski definition) is 3. The van der Waals surface area contributed by atoms with E-state index < -0.39 is 21.7 Å². The van der Waals surface area contributed by atoms with Gasteiger partial charge in [0, 0.05) is 31.2 Å². The number of halogens is 2. The van der Waals surface area contributed by atoms with Gasteiger partial charge in [-0.2, -0.15) is 4.31 Å². The molecule has 3 rings (SSSR count). The minimum atomic E-state index is -3.59. The van der Waals surface area contributed by atoms with Crippen molar-refractivity contribution in [3.63, 3.8) is 0 Å². The molecule has 0 saturated carbocycles. The quantitative estimate of drug-likeness (QED) is 0.820. The van der Waals surface area contributed by atoms with E-state index >= 15 is 0 Å². The highest BCUT2D eigenvalue weighted by atomic mass is 35.5. The Morgan fingerprint density at radius 1 is 1.00 bits per heavy atom. The van der Waals surface area contributed by atoms with Crippen molar-refractivity contribution in [3.05, 3.63) is 64.9 Å². The van der Waals surface area contributed by atoms with Crippen LogP contribution in [0.5, 0.6) is 0 Å². The van der Waals surface area contributed by atoms with Crippen LogP contribution in [0.25, 0.3) is 0 Å². The maximum absolute atomic E-state index is 13.9. The van der Waals surface area contributed by atoms with Gasteiger partial charge in [0.2, 0.25) is 10.0 Å². The molecular weight excluding hydrogens is 367 g/mol. The zero-order valence-electron chi connectivity index (χ0n) is 13.2. The van der Waals surface area contributed by atoms with Crippen LogP contribution in [-0.2, 0) is 10.0 Å². The fourth-order valence-electron chi connectivity index (χ4n) is 2.71. The van der Waals surface area contributed by atoms with Gasteiger partial charge in [0.25, 0.3) is 5.91 Å². The zero-order valence-corrected chi connectivity index (χ0v) is 14.8. The van der Waals surface area contributed by atoms with Gasteiger partial charge in [-0.25, -0.2) is 12.8 Å². The highest BCUT2D eigenvalue weighted by molar-refractivity contribution is 7.89. The summed E-state index contributed by atoms with van der Waals surface area (Å²) in [4.78, 5) is 14.1. The molecule has 1 aliphatic heterocycles. The van der Waals surface area contributed by atoms with Gasteiger partial charge < -0.3 is 4.90 Å². The Labute approximate surface area is 150 Å². The summed E-state index contributed by atoms with van der Waals surface area (Å²) in [5.74, 6) is -1.15. The van der Waals surface area contributed by atoms with Gasteiger partial charge in [0.05, 0.1) is 10.5 Å². The molecule has 2 aromatic rings. The molecule has 0 aromatic heterocycles. The number of hydrogen-bond donors (Lipinski definition) is 0. The van der Waals surface area contributed by atoms with Crippen LogP contribution in [0, 0.1) is 5.82 Å². The number of sulfonamides is 1. The summed E-state index contributed by atoms with van der Waals surface area (Å²) in [7, 11) is -3.59. The van der Waals surface area contributed by atoms with Crippen LogP contribution < -0.4 is 0 Å². The molecule has 0 N–H and O–H groups in total. The van der Waals surface area contributed by atoms with E-state index in [4.69, 9.17) is 11.6 Å². The SMILES string of the molecule is O=C(c1ccc(Cl)cc1F)N1CCN(S(=O)(=O)c2ccccc2)CC1. The van der Waals surface area contributed by atoms with Crippen molar-refractivity contribution in [1.82, 2.24) is 9.21 Å². The Kier molecular flexibility index (Phi) is 5.08. The number of nitrogens with zero attached hydrogens (tertiary/aromatic N) is 2. The molecule has 1 heterocycles. The largest absolute Gasteiger partial charge is 0.336 e. The average molecular weight is 383 g/mol. The molecule has 1 saturated heterocycles. The van der Waals surface area contributed by atoms with Crippen molar-refractivity contribution >= 4 is 27.5 Å². The number of rotatable bonds is 3. The Morgan fingerprint density at radius 3 is 2.24 bits per heavy atom. The van der Waals surface area contributed by atoms with Crippen LogP contribution in [0.3, 0.4) is 0 Å². The summed E-state index contributed by atoms with van der Waals surface area (Å²) in [5, 5.41) is 0.216. The van der Waals surface area contributed by atoms with Crippen molar-refractivity contribution < 1.29 is 17.6 Å². The highest BCUT2D eigenvalue weighted by Gasteiger charge is 2.30. The molecule has 1 amide bonds. The predicted molar refractivity (Wildman–Crippen MR) is 92.5 cm³/mol. The summed E-state index contributed by atoms with van der Waals surface area (Å²) < 4.78 is 40.4.